The summed E-state index contributed by atoms with van der Waals surface area (Å²) in [6.07, 6.45) is 1.46. The van der Waals surface area contributed by atoms with E-state index in [0.717, 1.165) is 22.2 Å². The van der Waals surface area contributed by atoms with Crippen LogP contribution < -0.4 is 10.1 Å². The van der Waals surface area contributed by atoms with Crippen molar-refractivity contribution in [2.75, 3.05) is 19.0 Å². The van der Waals surface area contributed by atoms with Gasteiger partial charge in [0.15, 0.2) is 0 Å². The standard InChI is InChI=1S/C24H18Cl2N2O5S/c1-13-3-5-15(10-18(13)26)27-22(29)12-28-23(30)21(34-24(28)31)11-16-6-8-20(33-16)17-9-14(25)4-7-19(17)32-2/h3-11H,12H2,1-2H3,(H,27,29)/b21-11+. The molecule has 2 aromatic carbocycles. The highest BCUT2D eigenvalue weighted by Gasteiger charge is 2.36. The lowest BCUT2D eigenvalue weighted by Crippen LogP contribution is -2.36. The van der Waals surface area contributed by atoms with Crippen molar-refractivity contribution < 1.29 is 23.5 Å². The van der Waals surface area contributed by atoms with Crippen LogP contribution >= 0.6 is 35.0 Å². The highest BCUT2D eigenvalue weighted by molar-refractivity contribution is 8.18. The van der Waals surface area contributed by atoms with Crippen LogP contribution in [0.15, 0.2) is 57.9 Å². The van der Waals surface area contributed by atoms with Gasteiger partial charge in [0.05, 0.1) is 17.6 Å². The van der Waals surface area contributed by atoms with E-state index in [1.807, 2.05) is 6.92 Å². The first-order valence-electron chi connectivity index (χ1n) is 10.0. The van der Waals surface area contributed by atoms with Gasteiger partial charge in [-0.1, -0.05) is 29.3 Å². The largest absolute Gasteiger partial charge is 0.496 e. The van der Waals surface area contributed by atoms with Crippen LogP contribution in [0.25, 0.3) is 17.4 Å². The van der Waals surface area contributed by atoms with Gasteiger partial charge in [0.2, 0.25) is 5.91 Å². The number of halogens is 2. The average molecular weight is 517 g/mol. The molecule has 1 saturated heterocycles. The van der Waals surface area contributed by atoms with Gasteiger partial charge in [-0.2, -0.15) is 0 Å². The molecule has 0 unspecified atom stereocenters. The van der Waals surface area contributed by atoms with Gasteiger partial charge < -0.3 is 14.5 Å². The third-order valence-electron chi connectivity index (χ3n) is 4.96. The highest BCUT2D eigenvalue weighted by atomic mass is 35.5. The summed E-state index contributed by atoms with van der Waals surface area (Å²) in [6.45, 7) is 1.42. The Hall–Kier alpha value is -3.20. The monoisotopic (exact) mass is 516 g/mol. The number of carbonyl (C=O) groups is 3. The number of thioether (sulfide) groups is 1. The van der Waals surface area contributed by atoms with Crippen molar-refractivity contribution in [3.8, 4) is 17.1 Å². The van der Waals surface area contributed by atoms with Crippen LogP contribution in [-0.4, -0.2) is 35.6 Å². The Labute approximate surface area is 209 Å². The number of carbonyl (C=O) groups excluding carboxylic acids is 3. The number of rotatable bonds is 6. The summed E-state index contributed by atoms with van der Waals surface area (Å²) in [5, 5.41) is 3.11. The molecular formula is C24H18Cl2N2O5S. The SMILES string of the molecule is COc1ccc(Cl)cc1-c1ccc(/C=C2/SC(=O)N(CC(=O)Nc3ccc(C)c(Cl)c3)C2=O)o1. The second-order valence-electron chi connectivity index (χ2n) is 7.33. The summed E-state index contributed by atoms with van der Waals surface area (Å²) >= 11 is 12.9. The number of ether oxygens (including phenoxy) is 1. The molecule has 4 rings (SSSR count). The molecule has 2 heterocycles. The first kappa shape index (κ1) is 23.9. The number of imide groups is 1. The zero-order valence-corrected chi connectivity index (χ0v) is 20.4. The lowest BCUT2D eigenvalue weighted by Gasteiger charge is -2.12. The number of furan rings is 1. The second-order valence-corrected chi connectivity index (χ2v) is 9.16. The quantitative estimate of drug-likeness (QED) is 0.389. The molecule has 1 N–H and O–H groups in total. The van der Waals surface area contributed by atoms with E-state index in [2.05, 4.69) is 5.32 Å². The molecule has 0 atom stereocenters. The van der Waals surface area contributed by atoms with Crippen LogP contribution in [0, 0.1) is 6.92 Å². The second kappa shape index (κ2) is 9.97. The molecular weight excluding hydrogens is 499 g/mol. The fourth-order valence-corrected chi connectivity index (χ4v) is 4.40. The maximum absolute atomic E-state index is 12.8. The van der Waals surface area contributed by atoms with Gasteiger partial charge in [-0.05, 0) is 66.7 Å². The van der Waals surface area contributed by atoms with Crippen molar-refractivity contribution in [2.24, 2.45) is 0 Å². The van der Waals surface area contributed by atoms with Gasteiger partial charge in [-0.25, -0.2) is 0 Å². The minimum absolute atomic E-state index is 0.148. The average Bonchev–Trinajstić information content (AvgIpc) is 3.36. The first-order valence-corrected chi connectivity index (χ1v) is 11.6. The van der Waals surface area contributed by atoms with Crippen molar-refractivity contribution in [3.63, 3.8) is 0 Å². The van der Waals surface area contributed by atoms with Crippen LogP contribution in [0.5, 0.6) is 5.75 Å². The van der Waals surface area contributed by atoms with Crippen LogP contribution in [-0.2, 0) is 9.59 Å². The zero-order valence-electron chi connectivity index (χ0n) is 18.1. The highest BCUT2D eigenvalue weighted by Crippen LogP contribution is 2.36. The number of benzene rings is 2. The molecule has 3 amide bonds. The van der Waals surface area contributed by atoms with Crippen molar-refractivity contribution in [1.82, 2.24) is 4.90 Å². The van der Waals surface area contributed by atoms with E-state index in [-0.39, 0.29) is 4.91 Å². The van der Waals surface area contributed by atoms with Crippen molar-refractivity contribution in [3.05, 3.63) is 74.8 Å². The molecule has 0 spiro atoms. The predicted molar refractivity (Wildman–Crippen MR) is 133 cm³/mol. The van der Waals surface area contributed by atoms with Crippen molar-refractivity contribution >= 4 is 63.8 Å². The Morgan fingerprint density at radius 2 is 1.94 bits per heavy atom. The number of nitrogens with zero attached hydrogens (tertiary/aromatic N) is 1. The Morgan fingerprint density at radius 1 is 1.15 bits per heavy atom. The van der Waals surface area contributed by atoms with Gasteiger partial charge in [0.25, 0.3) is 11.1 Å². The fourth-order valence-electron chi connectivity index (χ4n) is 3.23. The third kappa shape index (κ3) is 5.14. The summed E-state index contributed by atoms with van der Waals surface area (Å²) in [6, 6.07) is 13.6. The Kier molecular flexibility index (Phi) is 7.02. The van der Waals surface area contributed by atoms with E-state index >= 15 is 0 Å². The Balaban J connectivity index is 1.47. The number of methoxy groups -OCH3 is 1. The van der Waals surface area contributed by atoms with Gasteiger partial charge in [0.1, 0.15) is 23.8 Å². The molecule has 0 saturated carbocycles. The first-order chi connectivity index (χ1) is 16.2. The third-order valence-corrected chi connectivity index (χ3v) is 6.51. The van der Waals surface area contributed by atoms with Crippen LogP contribution in [0.4, 0.5) is 10.5 Å². The molecule has 0 radical (unpaired) electrons. The molecule has 1 aliphatic rings. The lowest BCUT2D eigenvalue weighted by molar-refractivity contribution is -0.127. The molecule has 1 fully saturated rings. The van der Waals surface area contributed by atoms with Crippen LogP contribution in [0.3, 0.4) is 0 Å². The molecule has 3 aromatic rings. The summed E-state index contributed by atoms with van der Waals surface area (Å²) in [4.78, 5) is 38.6. The number of anilines is 1. The summed E-state index contributed by atoms with van der Waals surface area (Å²) in [5.41, 5.74) is 1.99. The molecule has 1 aliphatic heterocycles. The maximum atomic E-state index is 12.8. The van der Waals surface area contributed by atoms with E-state index in [1.165, 1.54) is 13.2 Å². The van der Waals surface area contributed by atoms with Gasteiger partial charge >= 0.3 is 0 Å². The molecule has 10 heteroatoms. The van der Waals surface area contributed by atoms with Crippen LogP contribution in [0.1, 0.15) is 11.3 Å². The molecule has 34 heavy (non-hydrogen) atoms. The molecule has 1 aromatic heterocycles. The maximum Gasteiger partial charge on any atom is 0.294 e. The molecule has 7 nitrogen and oxygen atoms in total. The number of hydrogen-bond donors (Lipinski definition) is 1. The number of aryl methyl sites for hydroxylation is 1. The summed E-state index contributed by atoms with van der Waals surface area (Å²) in [7, 11) is 1.54. The Morgan fingerprint density at radius 3 is 2.68 bits per heavy atom. The minimum Gasteiger partial charge on any atom is -0.496 e. The van der Waals surface area contributed by atoms with Gasteiger partial charge in [0, 0.05) is 21.8 Å². The molecule has 0 bridgehead atoms. The summed E-state index contributed by atoms with van der Waals surface area (Å²) < 4.78 is 11.2. The zero-order chi connectivity index (χ0) is 24.4. The predicted octanol–water partition coefficient (Wildman–Crippen LogP) is 6.25. The van der Waals surface area contributed by atoms with Crippen molar-refractivity contribution in [2.45, 2.75) is 6.92 Å². The summed E-state index contributed by atoms with van der Waals surface area (Å²) in [5.74, 6) is 0.330. The van der Waals surface area contributed by atoms with E-state index < -0.39 is 23.6 Å². The molecule has 0 aliphatic carbocycles. The fraction of sp³-hybridized carbons (Fsp3) is 0.125. The van der Waals surface area contributed by atoms with Gasteiger partial charge in [-0.15, -0.1) is 0 Å². The van der Waals surface area contributed by atoms with Gasteiger partial charge in [-0.3, -0.25) is 19.3 Å². The number of amides is 3. The van der Waals surface area contributed by atoms with E-state index in [4.69, 9.17) is 32.4 Å². The van der Waals surface area contributed by atoms with E-state index in [1.54, 1.807) is 48.5 Å². The van der Waals surface area contributed by atoms with Crippen molar-refractivity contribution in [1.29, 1.82) is 0 Å². The van der Waals surface area contributed by atoms with E-state index in [0.29, 0.717) is 38.6 Å². The normalized spacial score (nSPS) is 14.7. The topological polar surface area (TPSA) is 88.9 Å². The number of hydrogen-bond acceptors (Lipinski definition) is 6. The molecule has 174 valence electrons. The number of nitrogens with one attached hydrogen (secondary N) is 1. The van der Waals surface area contributed by atoms with Crippen LogP contribution in [0.2, 0.25) is 10.0 Å². The smallest absolute Gasteiger partial charge is 0.294 e. The lowest BCUT2D eigenvalue weighted by atomic mass is 10.1. The van der Waals surface area contributed by atoms with E-state index in [9.17, 15) is 14.4 Å². The Bertz CT molecular complexity index is 1330. The minimum atomic E-state index is -0.578.